The Kier molecular flexibility index (Phi) is 3.37. The minimum Gasteiger partial charge on any atom is -0.402 e. The Morgan fingerprint density at radius 3 is 2.67 bits per heavy atom. The smallest absolute Gasteiger partial charge is 0.402 e. The van der Waals surface area contributed by atoms with Crippen LogP contribution in [0, 0.1) is 11.3 Å². The maximum absolute atomic E-state index is 12.0. The summed E-state index contributed by atoms with van der Waals surface area (Å²) in [5.74, 6) is -0.900. The standard InChI is InChI=1S/C8H4ClF3N2O/c9-3-6-7(15-8(10,11)12)5(4-13)1-2-14-6/h1-2H,3H2. The fraction of sp³-hybridized carbons (Fsp3) is 0.250. The predicted molar refractivity (Wildman–Crippen MR) is 45.2 cm³/mol. The highest BCUT2D eigenvalue weighted by atomic mass is 35.5. The van der Waals surface area contributed by atoms with Crippen LogP contribution >= 0.6 is 11.6 Å². The first-order chi connectivity index (χ1) is 6.98. The van der Waals surface area contributed by atoms with E-state index in [1.54, 1.807) is 6.07 Å². The van der Waals surface area contributed by atoms with E-state index < -0.39 is 12.1 Å². The van der Waals surface area contributed by atoms with Crippen molar-refractivity contribution in [1.29, 1.82) is 5.26 Å². The van der Waals surface area contributed by atoms with Gasteiger partial charge < -0.3 is 4.74 Å². The second kappa shape index (κ2) is 4.36. The van der Waals surface area contributed by atoms with E-state index in [1.165, 1.54) is 6.20 Å². The molecular formula is C8H4ClF3N2O. The molecule has 0 bridgehead atoms. The minimum atomic E-state index is -4.87. The van der Waals surface area contributed by atoms with E-state index in [0.717, 1.165) is 6.07 Å². The molecule has 0 amide bonds. The van der Waals surface area contributed by atoms with Crippen molar-refractivity contribution in [3.63, 3.8) is 0 Å². The lowest BCUT2D eigenvalue weighted by atomic mass is 10.2. The van der Waals surface area contributed by atoms with Crippen LogP contribution in [0.4, 0.5) is 13.2 Å². The summed E-state index contributed by atoms with van der Waals surface area (Å²) in [5.41, 5.74) is -0.369. The summed E-state index contributed by atoms with van der Waals surface area (Å²) >= 11 is 5.37. The second-order valence-corrected chi connectivity index (χ2v) is 2.69. The molecule has 3 nitrogen and oxygen atoms in total. The molecule has 0 aliphatic heterocycles. The van der Waals surface area contributed by atoms with E-state index in [-0.39, 0.29) is 17.1 Å². The van der Waals surface area contributed by atoms with Gasteiger partial charge in [0.1, 0.15) is 6.07 Å². The Bertz CT molecular complexity index is 400. The maximum atomic E-state index is 12.0. The van der Waals surface area contributed by atoms with Gasteiger partial charge in [0.2, 0.25) is 0 Å². The topological polar surface area (TPSA) is 45.9 Å². The highest BCUT2D eigenvalue weighted by molar-refractivity contribution is 6.17. The van der Waals surface area contributed by atoms with Crippen molar-refractivity contribution in [1.82, 2.24) is 4.98 Å². The summed E-state index contributed by atoms with van der Waals surface area (Å²) in [4.78, 5) is 3.58. The van der Waals surface area contributed by atoms with Gasteiger partial charge in [0, 0.05) is 6.20 Å². The highest BCUT2D eigenvalue weighted by Gasteiger charge is 2.33. The summed E-state index contributed by atoms with van der Waals surface area (Å²) in [6.07, 6.45) is -3.67. The number of nitrogens with zero attached hydrogens (tertiary/aromatic N) is 2. The van der Waals surface area contributed by atoms with Gasteiger partial charge in [0.25, 0.3) is 0 Å². The Morgan fingerprint density at radius 2 is 2.20 bits per heavy atom. The number of alkyl halides is 4. The Labute approximate surface area is 88.1 Å². The van der Waals surface area contributed by atoms with Gasteiger partial charge >= 0.3 is 6.36 Å². The number of hydrogen-bond donors (Lipinski definition) is 0. The maximum Gasteiger partial charge on any atom is 0.573 e. The van der Waals surface area contributed by atoms with E-state index >= 15 is 0 Å². The largest absolute Gasteiger partial charge is 0.573 e. The quantitative estimate of drug-likeness (QED) is 0.742. The van der Waals surface area contributed by atoms with Crippen molar-refractivity contribution in [2.75, 3.05) is 0 Å². The van der Waals surface area contributed by atoms with E-state index in [1.807, 2.05) is 0 Å². The molecule has 1 rings (SSSR count). The van der Waals surface area contributed by atoms with Gasteiger partial charge in [-0.2, -0.15) is 5.26 Å². The molecule has 0 spiro atoms. The predicted octanol–water partition coefficient (Wildman–Crippen LogP) is 2.59. The van der Waals surface area contributed by atoms with Crippen LogP contribution in [0.3, 0.4) is 0 Å². The monoisotopic (exact) mass is 236 g/mol. The third-order valence-corrected chi connectivity index (χ3v) is 1.70. The number of ether oxygens (including phenoxy) is 1. The van der Waals surface area contributed by atoms with Gasteiger partial charge in [-0.3, -0.25) is 4.98 Å². The lowest BCUT2D eigenvalue weighted by Gasteiger charge is -2.12. The van der Waals surface area contributed by atoms with Crippen LogP contribution in [-0.2, 0) is 5.88 Å². The van der Waals surface area contributed by atoms with Crippen molar-refractivity contribution in [2.24, 2.45) is 0 Å². The van der Waals surface area contributed by atoms with Gasteiger partial charge in [-0.25, -0.2) is 0 Å². The van der Waals surface area contributed by atoms with E-state index in [9.17, 15) is 13.2 Å². The van der Waals surface area contributed by atoms with E-state index in [4.69, 9.17) is 16.9 Å². The SMILES string of the molecule is N#Cc1ccnc(CCl)c1OC(F)(F)F. The minimum absolute atomic E-state index is 0.118. The highest BCUT2D eigenvalue weighted by Crippen LogP contribution is 2.29. The fourth-order valence-corrected chi connectivity index (χ4v) is 1.09. The number of aromatic nitrogens is 1. The Balaban J connectivity index is 3.18. The average Bonchev–Trinajstić information content (AvgIpc) is 2.16. The fourth-order valence-electron chi connectivity index (χ4n) is 0.904. The van der Waals surface area contributed by atoms with Crippen LogP contribution in [0.15, 0.2) is 12.3 Å². The molecule has 80 valence electrons. The molecule has 0 aliphatic carbocycles. The molecule has 0 N–H and O–H groups in total. The van der Waals surface area contributed by atoms with Gasteiger partial charge in [-0.15, -0.1) is 24.8 Å². The van der Waals surface area contributed by atoms with Crippen molar-refractivity contribution in [3.05, 3.63) is 23.5 Å². The third kappa shape index (κ3) is 2.99. The van der Waals surface area contributed by atoms with E-state index in [0.29, 0.717) is 0 Å². The zero-order chi connectivity index (χ0) is 11.5. The molecule has 0 unspecified atom stereocenters. The number of hydrogen-bond acceptors (Lipinski definition) is 3. The van der Waals surface area contributed by atoms with Crippen molar-refractivity contribution >= 4 is 11.6 Å². The first kappa shape index (κ1) is 11.6. The normalized spacial score (nSPS) is 10.9. The van der Waals surface area contributed by atoms with Gasteiger partial charge in [0.05, 0.1) is 17.1 Å². The second-order valence-electron chi connectivity index (χ2n) is 2.43. The molecule has 0 atom stereocenters. The average molecular weight is 237 g/mol. The molecular weight excluding hydrogens is 233 g/mol. The zero-order valence-corrected chi connectivity index (χ0v) is 7.93. The lowest BCUT2D eigenvalue weighted by Crippen LogP contribution is -2.19. The first-order valence-electron chi connectivity index (χ1n) is 3.67. The molecule has 0 fully saturated rings. The summed E-state index contributed by atoms with van der Waals surface area (Å²) < 4.78 is 39.6. The number of rotatable bonds is 2. The van der Waals surface area contributed by atoms with Crippen molar-refractivity contribution in [3.8, 4) is 11.8 Å². The molecule has 1 heterocycles. The summed E-state index contributed by atoms with van der Waals surface area (Å²) in [7, 11) is 0. The molecule has 0 saturated heterocycles. The first-order valence-corrected chi connectivity index (χ1v) is 4.21. The van der Waals surface area contributed by atoms with Crippen LogP contribution in [-0.4, -0.2) is 11.3 Å². The molecule has 1 aromatic rings. The third-order valence-electron chi connectivity index (χ3n) is 1.44. The molecule has 15 heavy (non-hydrogen) atoms. The molecule has 1 aromatic heterocycles. The van der Waals surface area contributed by atoms with Crippen molar-refractivity contribution < 1.29 is 17.9 Å². The van der Waals surface area contributed by atoms with Gasteiger partial charge in [-0.05, 0) is 6.07 Å². The molecule has 7 heteroatoms. The molecule has 0 radical (unpaired) electrons. The molecule has 0 saturated carbocycles. The van der Waals surface area contributed by atoms with Gasteiger partial charge in [0.15, 0.2) is 5.75 Å². The number of nitriles is 1. The van der Waals surface area contributed by atoms with Crippen LogP contribution < -0.4 is 4.74 Å². The number of halogens is 4. The molecule has 0 aliphatic rings. The van der Waals surface area contributed by atoms with Crippen LogP contribution in [0.25, 0.3) is 0 Å². The van der Waals surface area contributed by atoms with Crippen LogP contribution in [0.1, 0.15) is 11.3 Å². The van der Waals surface area contributed by atoms with Crippen LogP contribution in [0.5, 0.6) is 5.75 Å². The van der Waals surface area contributed by atoms with Gasteiger partial charge in [-0.1, -0.05) is 0 Å². The van der Waals surface area contributed by atoms with Crippen molar-refractivity contribution in [2.45, 2.75) is 12.2 Å². The lowest BCUT2D eigenvalue weighted by molar-refractivity contribution is -0.275. The number of pyridine rings is 1. The summed E-state index contributed by atoms with van der Waals surface area (Å²) in [5, 5.41) is 8.57. The zero-order valence-electron chi connectivity index (χ0n) is 7.18. The molecule has 0 aromatic carbocycles. The Morgan fingerprint density at radius 1 is 1.53 bits per heavy atom. The van der Waals surface area contributed by atoms with Crippen LogP contribution in [0.2, 0.25) is 0 Å². The summed E-state index contributed by atoms with van der Waals surface area (Å²) in [6.45, 7) is 0. The van der Waals surface area contributed by atoms with E-state index in [2.05, 4.69) is 9.72 Å². The summed E-state index contributed by atoms with van der Waals surface area (Å²) in [6, 6.07) is 2.69. The Hall–Kier alpha value is -1.48.